The number of benzene rings is 1. The van der Waals surface area contributed by atoms with Crippen LogP contribution in [0.25, 0.3) is 0 Å². The lowest BCUT2D eigenvalue weighted by Gasteiger charge is -2.15. The molecule has 128 valence electrons. The quantitative estimate of drug-likeness (QED) is 0.608. The normalized spacial score (nSPS) is 12.6. The Morgan fingerprint density at radius 3 is 2.52 bits per heavy atom. The van der Waals surface area contributed by atoms with Gasteiger partial charge in [-0.15, -0.1) is 0 Å². The van der Waals surface area contributed by atoms with Crippen molar-refractivity contribution in [3.05, 3.63) is 35.1 Å². The minimum Gasteiger partial charge on any atom is -0.467 e. The number of carbonyl (C=O) groups is 2. The smallest absolute Gasteiger partial charge is 0.416 e. The van der Waals surface area contributed by atoms with Gasteiger partial charge >= 0.3 is 12.1 Å². The molecule has 1 aromatic rings. The molecule has 0 bridgehead atoms. The maximum Gasteiger partial charge on any atom is 0.416 e. The van der Waals surface area contributed by atoms with E-state index in [0.29, 0.717) is 0 Å². The molecule has 0 aromatic heterocycles. The minimum absolute atomic E-state index is 0.489. The van der Waals surface area contributed by atoms with Gasteiger partial charge in [-0.1, -0.05) is 6.07 Å². The molecule has 0 aliphatic rings. The molecule has 0 aliphatic carbocycles. The molecule has 23 heavy (non-hydrogen) atoms. The van der Waals surface area contributed by atoms with E-state index in [4.69, 9.17) is 5.11 Å². The summed E-state index contributed by atoms with van der Waals surface area (Å²) < 4.78 is 56.3. The number of amides is 1. The molecule has 5 nitrogen and oxygen atoms in total. The molecular formula is C14H15F4NO4. The Kier molecular flexibility index (Phi) is 6.49. The predicted octanol–water partition coefficient (Wildman–Crippen LogP) is 1.43. The maximum absolute atomic E-state index is 13.6. The zero-order valence-corrected chi connectivity index (χ0v) is 12.1. The first-order valence-electron chi connectivity index (χ1n) is 6.53. The first kappa shape index (κ1) is 18.9. The molecule has 0 spiro atoms. The third kappa shape index (κ3) is 5.20. The summed E-state index contributed by atoms with van der Waals surface area (Å²) >= 11 is 0. The molecule has 1 amide bonds. The Morgan fingerprint density at radius 2 is 2.00 bits per heavy atom. The van der Waals surface area contributed by atoms with Gasteiger partial charge in [0, 0.05) is 12.0 Å². The number of aliphatic hydroxyl groups is 1. The fraction of sp³-hybridized carbons (Fsp3) is 0.429. The number of alkyl halides is 3. The van der Waals surface area contributed by atoms with Crippen LogP contribution in [0.3, 0.4) is 0 Å². The summed E-state index contributed by atoms with van der Waals surface area (Å²) in [6, 6.07) is 1.20. The largest absolute Gasteiger partial charge is 0.467 e. The van der Waals surface area contributed by atoms with Crippen molar-refractivity contribution < 1.29 is 37.0 Å². The molecule has 9 heteroatoms. The van der Waals surface area contributed by atoms with Crippen molar-refractivity contribution in [2.75, 3.05) is 13.7 Å². The van der Waals surface area contributed by atoms with E-state index in [0.717, 1.165) is 25.3 Å². The summed E-state index contributed by atoms with van der Waals surface area (Å²) in [6.07, 6.45) is -5.74. The molecule has 1 unspecified atom stereocenters. The lowest BCUT2D eigenvalue weighted by molar-refractivity contribution is -0.146. The van der Waals surface area contributed by atoms with Crippen molar-refractivity contribution in [3.63, 3.8) is 0 Å². The van der Waals surface area contributed by atoms with E-state index < -0.39 is 60.5 Å². The Balaban J connectivity index is 2.79. The number of ether oxygens (including phenoxy) is 1. The third-order valence-corrected chi connectivity index (χ3v) is 3.03. The lowest BCUT2D eigenvalue weighted by atomic mass is 10.0. The van der Waals surface area contributed by atoms with Crippen LogP contribution in [0.5, 0.6) is 0 Å². The highest BCUT2D eigenvalue weighted by Crippen LogP contribution is 2.33. The van der Waals surface area contributed by atoms with Gasteiger partial charge in [0.15, 0.2) is 6.04 Å². The minimum atomic E-state index is -4.74. The summed E-state index contributed by atoms with van der Waals surface area (Å²) in [6.45, 7) is -0.730. The fourth-order valence-corrected chi connectivity index (χ4v) is 1.90. The fourth-order valence-electron chi connectivity index (χ4n) is 1.90. The first-order chi connectivity index (χ1) is 10.7. The highest BCUT2D eigenvalue weighted by molar-refractivity contribution is 5.84. The first-order valence-corrected chi connectivity index (χ1v) is 6.53. The van der Waals surface area contributed by atoms with Crippen LogP contribution < -0.4 is 5.32 Å². The maximum atomic E-state index is 13.6. The number of rotatable bonds is 6. The van der Waals surface area contributed by atoms with Crippen LogP contribution in [0.15, 0.2) is 18.2 Å². The number of hydrogen-bond acceptors (Lipinski definition) is 4. The average Bonchev–Trinajstić information content (AvgIpc) is 2.49. The predicted molar refractivity (Wildman–Crippen MR) is 70.8 cm³/mol. The summed E-state index contributed by atoms with van der Waals surface area (Å²) in [5.41, 5.74) is -1.79. The number of aliphatic hydroxyl groups excluding tert-OH is 1. The van der Waals surface area contributed by atoms with Gasteiger partial charge in [0.05, 0.1) is 19.3 Å². The van der Waals surface area contributed by atoms with Gasteiger partial charge in [-0.25, -0.2) is 9.18 Å². The zero-order chi connectivity index (χ0) is 17.6. The number of esters is 1. The van der Waals surface area contributed by atoms with Crippen molar-refractivity contribution in [2.24, 2.45) is 0 Å². The third-order valence-electron chi connectivity index (χ3n) is 3.03. The summed E-state index contributed by atoms with van der Waals surface area (Å²) in [7, 11) is 1.05. The van der Waals surface area contributed by atoms with Crippen LogP contribution in [0.1, 0.15) is 17.5 Å². The second-order valence-electron chi connectivity index (χ2n) is 4.59. The van der Waals surface area contributed by atoms with Gasteiger partial charge < -0.3 is 15.2 Å². The Morgan fingerprint density at radius 1 is 1.35 bits per heavy atom. The van der Waals surface area contributed by atoms with E-state index in [-0.39, 0.29) is 0 Å². The van der Waals surface area contributed by atoms with Crippen LogP contribution in [-0.2, 0) is 26.9 Å². The van der Waals surface area contributed by atoms with E-state index in [1.54, 1.807) is 0 Å². The van der Waals surface area contributed by atoms with Crippen molar-refractivity contribution >= 4 is 11.9 Å². The summed E-state index contributed by atoms with van der Waals surface area (Å²) in [5, 5.41) is 11.0. The SMILES string of the molecule is COC(=O)C(CO)NC(=O)CCc1c(F)cccc1C(F)(F)F. The van der Waals surface area contributed by atoms with E-state index in [1.165, 1.54) is 0 Å². The average molecular weight is 337 g/mol. The Labute approximate surface area is 129 Å². The Bertz CT molecular complexity index is 574. The van der Waals surface area contributed by atoms with Crippen molar-refractivity contribution in [1.29, 1.82) is 0 Å². The number of hydrogen-bond donors (Lipinski definition) is 2. The zero-order valence-electron chi connectivity index (χ0n) is 12.1. The van der Waals surface area contributed by atoms with Crippen molar-refractivity contribution in [2.45, 2.75) is 25.1 Å². The van der Waals surface area contributed by atoms with Crippen LogP contribution in [-0.4, -0.2) is 36.7 Å². The number of nitrogens with one attached hydrogen (secondary N) is 1. The Hall–Kier alpha value is -2.16. The van der Waals surface area contributed by atoms with Crippen LogP contribution in [0, 0.1) is 5.82 Å². The lowest BCUT2D eigenvalue weighted by Crippen LogP contribution is -2.44. The van der Waals surface area contributed by atoms with E-state index in [2.05, 4.69) is 10.1 Å². The molecule has 2 N–H and O–H groups in total. The second-order valence-corrected chi connectivity index (χ2v) is 4.59. The molecule has 0 saturated heterocycles. The number of halogens is 4. The molecule has 0 saturated carbocycles. The molecule has 0 radical (unpaired) electrons. The number of carbonyl (C=O) groups excluding carboxylic acids is 2. The highest BCUT2D eigenvalue weighted by atomic mass is 19.4. The van der Waals surface area contributed by atoms with Gasteiger partial charge in [-0.3, -0.25) is 4.79 Å². The number of methoxy groups -OCH3 is 1. The summed E-state index contributed by atoms with van der Waals surface area (Å²) in [5.74, 6) is -2.78. The summed E-state index contributed by atoms with van der Waals surface area (Å²) in [4.78, 5) is 22.8. The van der Waals surface area contributed by atoms with Gasteiger partial charge in [-0.2, -0.15) is 13.2 Å². The molecule has 0 aliphatic heterocycles. The molecule has 0 heterocycles. The van der Waals surface area contributed by atoms with Crippen LogP contribution in [0.4, 0.5) is 17.6 Å². The van der Waals surface area contributed by atoms with E-state index in [1.807, 2.05) is 0 Å². The molecular weight excluding hydrogens is 322 g/mol. The van der Waals surface area contributed by atoms with Gasteiger partial charge in [0.25, 0.3) is 0 Å². The molecule has 1 aromatic carbocycles. The molecule has 1 rings (SSSR count). The second kappa shape index (κ2) is 7.91. The van der Waals surface area contributed by atoms with Crippen molar-refractivity contribution in [1.82, 2.24) is 5.32 Å². The monoisotopic (exact) mass is 337 g/mol. The van der Waals surface area contributed by atoms with E-state index in [9.17, 15) is 27.2 Å². The van der Waals surface area contributed by atoms with Gasteiger partial charge in [0.1, 0.15) is 5.82 Å². The van der Waals surface area contributed by atoms with Crippen LogP contribution >= 0.6 is 0 Å². The highest BCUT2D eigenvalue weighted by Gasteiger charge is 2.34. The molecule has 0 fully saturated rings. The standard InChI is InChI=1S/C14H15F4NO4/c1-23-13(22)11(7-20)19-12(21)6-5-8-9(14(16,17)18)3-2-4-10(8)15/h2-4,11,20H,5-7H2,1H3,(H,19,21). The van der Waals surface area contributed by atoms with Crippen LogP contribution in [0.2, 0.25) is 0 Å². The molecule has 1 atom stereocenters. The van der Waals surface area contributed by atoms with Gasteiger partial charge in [0.2, 0.25) is 5.91 Å². The van der Waals surface area contributed by atoms with E-state index >= 15 is 0 Å². The van der Waals surface area contributed by atoms with Crippen molar-refractivity contribution in [3.8, 4) is 0 Å². The van der Waals surface area contributed by atoms with Gasteiger partial charge in [-0.05, 0) is 18.6 Å². The topological polar surface area (TPSA) is 75.6 Å².